The van der Waals surface area contributed by atoms with E-state index in [2.05, 4.69) is 5.32 Å². The van der Waals surface area contributed by atoms with E-state index in [1.165, 1.54) is 91.2 Å². The highest BCUT2D eigenvalue weighted by atomic mass is 35.5. The molecular weight excluding hydrogens is 580 g/mol. The fourth-order valence-corrected chi connectivity index (χ4v) is 5.45. The van der Waals surface area contributed by atoms with Crippen LogP contribution in [0.15, 0.2) is 53.4 Å². The van der Waals surface area contributed by atoms with E-state index >= 15 is 0 Å². The van der Waals surface area contributed by atoms with Gasteiger partial charge in [-0.3, -0.25) is 9.10 Å². The molecule has 0 heterocycles. The van der Waals surface area contributed by atoms with E-state index in [0.29, 0.717) is 5.75 Å². The van der Waals surface area contributed by atoms with Crippen LogP contribution in [-0.2, 0) is 19.6 Å². The molecule has 220 valence electrons. The number of rotatable bonds is 12. The van der Waals surface area contributed by atoms with Crippen LogP contribution in [0.1, 0.15) is 10.4 Å². The lowest BCUT2D eigenvalue weighted by atomic mass is 10.1. The van der Waals surface area contributed by atoms with Gasteiger partial charge in [0.05, 0.1) is 64.5 Å². The molecule has 14 heteroatoms. The van der Waals surface area contributed by atoms with Gasteiger partial charge in [-0.15, -0.1) is 0 Å². The molecule has 0 saturated carbocycles. The first kappa shape index (κ1) is 31.2. The van der Waals surface area contributed by atoms with Crippen molar-refractivity contribution >= 4 is 44.9 Å². The predicted molar refractivity (Wildman–Crippen MR) is 152 cm³/mol. The molecule has 41 heavy (non-hydrogen) atoms. The molecule has 0 aliphatic carbocycles. The lowest BCUT2D eigenvalue weighted by Crippen LogP contribution is -2.38. The summed E-state index contributed by atoms with van der Waals surface area (Å²) in [7, 11) is 3.62. The Balaban J connectivity index is 2.13. The molecule has 3 aromatic rings. The number of ether oxygens (including phenoxy) is 6. The van der Waals surface area contributed by atoms with Crippen LogP contribution in [0.25, 0.3) is 0 Å². The number of carbonyl (C=O) groups is 2. The number of methoxy groups -OCH3 is 6. The van der Waals surface area contributed by atoms with Crippen molar-refractivity contribution < 1.29 is 46.4 Å². The minimum absolute atomic E-state index is 0.000948. The molecule has 1 N–H and O–H groups in total. The Labute approximate surface area is 242 Å². The third-order valence-corrected chi connectivity index (χ3v) is 7.83. The third-order valence-electron chi connectivity index (χ3n) is 5.84. The van der Waals surface area contributed by atoms with Gasteiger partial charge in [0.1, 0.15) is 12.3 Å². The van der Waals surface area contributed by atoms with Gasteiger partial charge in [-0.1, -0.05) is 11.6 Å². The van der Waals surface area contributed by atoms with Crippen molar-refractivity contribution in [1.82, 2.24) is 0 Å². The molecule has 0 spiro atoms. The molecule has 3 aromatic carbocycles. The maximum atomic E-state index is 14.0. The van der Waals surface area contributed by atoms with E-state index in [4.69, 9.17) is 40.0 Å². The number of amides is 1. The quantitative estimate of drug-likeness (QED) is 0.300. The van der Waals surface area contributed by atoms with Crippen LogP contribution in [0, 0.1) is 0 Å². The van der Waals surface area contributed by atoms with E-state index < -0.39 is 28.4 Å². The molecule has 0 saturated heterocycles. The Hall–Kier alpha value is -4.36. The van der Waals surface area contributed by atoms with Gasteiger partial charge in [0.15, 0.2) is 23.0 Å². The average molecular weight is 609 g/mol. The summed E-state index contributed by atoms with van der Waals surface area (Å²) in [6.07, 6.45) is 0. The second-order valence-corrected chi connectivity index (χ2v) is 10.4. The molecule has 12 nitrogen and oxygen atoms in total. The van der Waals surface area contributed by atoms with E-state index in [9.17, 15) is 18.0 Å². The van der Waals surface area contributed by atoms with Gasteiger partial charge in [-0.05, 0) is 30.3 Å². The van der Waals surface area contributed by atoms with E-state index in [-0.39, 0.29) is 49.9 Å². The molecule has 0 radical (unpaired) electrons. The van der Waals surface area contributed by atoms with Crippen LogP contribution in [0.2, 0.25) is 5.02 Å². The first-order chi connectivity index (χ1) is 19.5. The molecule has 0 unspecified atom stereocenters. The summed E-state index contributed by atoms with van der Waals surface area (Å²) < 4.78 is 60.1. The number of hydrogen-bond donors (Lipinski definition) is 1. The summed E-state index contributed by atoms with van der Waals surface area (Å²) in [5.74, 6) is -0.563. The summed E-state index contributed by atoms with van der Waals surface area (Å²) in [6, 6.07) is 11.0. The summed E-state index contributed by atoms with van der Waals surface area (Å²) in [5.41, 5.74) is -0.0559. The highest BCUT2D eigenvalue weighted by Gasteiger charge is 2.31. The zero-order valence-corrected chi connectivity index (χ0v) is 24.7. The van der Waals surface area contributed by atoms with Crippen molar-refractivity contribution in [3.63, 3.8) is 0 Å². The predicted octanol–water partition coefficient (Wildman–Crippen LogP) is 4.00. The number of halogens is 1. The number of esters is 1. The Kier molecular flexibility index (Phi) is 10.1. The zero-order chi connectivity index (χ0) is 30.3. The van der Waals surface area contributed by atoms with Crippen LogP contribution >= 0.6 is 11.6 Å². The first-order valence-electron chi connectivity index (χ1n) is 11.8. The molecule has 1 amide bonds. The Morgan fingerprint density at radius 2 is 1.32 bits per heavy atom. The van der Waals surface area contributed by atoms with Crippen LogP contribution < -0.4 is 33.3 Å². The largest absolute Gasteiger partial charge is 0.495 e. The second kappa shape index (κ2) is 13.3. The maximum Gasteiger partial charge on any atom is 0.340 e. The Morgan fingerprint density at radius 1 is 0.756 bits per heavy atom. The van der Waals surface area contributed by atoms with Crippen molar-refractivity contribution in [2.45, 2.75) is 4.90 Å². The normalized spacial score (nSPS) is 10.8. The average Bonchev–Trinajstić information content (AvgIpc) is 2.98. The number of nitrogens with zero attached hydrogens (tertiary/aromatic N) is 1. The van der Waals surface area contributed by atoms with Gasteiger partial charge in [0, 0.05) is 23.2 Å². The molecule has 0 fully saturated rings. The van der Waals surface area contributed by atoms with Crippen molar-refractivity contribution in [1.29, 1.82) is 0 Å². The van der Waals surface area contributed by atoms with Gasteiger partial charge < -0.3 is 33.7 Å². The van der Waals surface area contributed by atoms with Crippen LogP contribution in [0.5, 0.6) is 28.7 Å². The molecular formula is C27H29ClN2O10S. The maximum absolute atomic E-state index is 14.0. The standard InChI is InChI=1S/C27H29ClN2O10S/c1-35-21-9-7-16(28)11-20(21)30(41(33,34)17-8-10-22(36-2)23(12-17)37-3)15-26(31)29-19-14-25(39-5)24(38-4)13-18(19)27(32)40-6/h7-14H,15H2,1-6H3,(H,29,31). The van der Waals surface area contributed by atoms with Crippen LogP contribution in [0.3, 0.4) is 0 Å². The molecule has 0 aliphatic heterocycles. The summed E-state index contributed by atoms with van der Waals surface area (Å²) in [5, 5.41) is 2.76. The van der Waals surface area contributed by atoms with E-state index in [1.807, 2.05) is 0 Å². The topological polar surface area (TPSA) is 139 Å². The molecule has 3 rings (SSSR count). The van der Waals surface area contributed by atoms with E-state index in [1.54, 1.807) is 0 Å². The second-order valence-electron chi connectivity index (χ2n) is 8.14. The van der Waals surface area contributed by atoms with Crippen LogP contribution in [0.4, 0.5) is 11.4 Å². The number of sulfonamides is 1. The first-order valence-corrected chi connectivity index (χ1v) is 13.6. The molecule has 0 atom stereocenters. The van der Waals surface area contributed by atoms with Gasteiger partial charge in [0.25, 0.3) is 10.0 Å². The lowest BCUT2D eigenvalue weighted by Gasteiger charge is -2.26. The zero-order valence-electron chi connectivity index (χ0n) is 23.1. The molecule has 0 bridgehead atoms. The molecule has 0 aromatic heterocycles. The van der Waals surface area contributed by atoms with Crippen molar-refractivity contribution in [2.75, 3.05) is 58.8 Å². The highest BCUT2D eigenvalue weighted by Crippen LogP contribution is 2.38. The van der Waals surface area contributed by atoms with E-state index in [0.717, 1.165) is 4.31 Å². The smallest absolute Gasteiger partial charge is 0.340 e. The minimum Gasteiger partial charge on any atom is -0.495 e. The van der Waals surface area contributed by atoms with Gasteiger partial charge in [-0.25, -0.2) is 13.2 Å². The van der Waals surface area contributed by atoms with Gasteiger partial charge in [-0.2, -0.15) is 0 Å². The van der Waals surface area contributed by atoms with Crippen LogP contribution in [-0.4, -0.2) is 69.5 Å². The number of carbonyl (C=O) groups excluding carboxylic acids is 2. The monoisotopic (exact) mass is 608 g/mol. The van der Waals surface area contributed by atoms with Gasteiger partial charge in [0.2, 0.25) is 5.91 Å². The third kappa shape index (κ3) is 6.69. The highest BCUT2D eigenvalue weighted by molar-refractivity contribution is 7.92. The van der Waals surface area contributed by atoms with Gasteiger partial charge >= 0.3 is 5.97 Å². The lowest BCUT2D eigenvalue weighted by molar-refractivity contribution is -0.114. The summed E-state index contributed by atoms with van der Waals surface area (Å²) in [6.45, 7) is -0.748. The number of nitrogens with one attached hydrogen (secondary N) is 1. The number of benzene rings is 3. The Bertz CT molecular complexity index is 1550. The summed E-state index contributed by atoms with van der Waals surface area (Å²) in [4.78, 5) is 25.7. The fraction of sp³-hybridized carbons (Fsp3) is 0.259. The summed E-state index contributed by atoms with van der Waals surface area (Å²) >= 11 is 6.21. The van der Waals surface area contributed by atoms with Crippen molar-refractivity contribution in [2.24, 2.45) is 0 Å². The number of anilines is 2. The van der Waals surface area contributed by atoms with Crippen molar-refractivity contribution in [3.8, 4) is 28.7 Å². The Morgan fingerprint density at radius 3 is 1.90 bits per heavy atom. The SMILES string of the molecule is COC(=O)c1cc(OC)c(OC)cc1NC(=O)CN(c1cc(Cl)ccc1OC)S(=O)(=O)c1ccc(OC)c(OC)c1. The molecule has 0 aliphatic rings. The van der Waals surface area contributed by atoms with Crippen molar-refractivity contribution in [3.05, 3.63) is 59.1 Å². The number of hydrogen-bond acceptors (Lipinski definition) is 10. The fourth-order valence-electron chi connectivity index (χ4n) is 3.84. The minimum atomic E-state index is -4.44.